The summed E-state index contributed by atoms with van der Waals surface area (Å²) in [5, 5.41) is 0. The van der Waals surface area contributed by atoms with Crippen LogP contribution in [0.15, 0.2) is 24.3 Å². The number of hydrogen-bond donors (Lipinski definition) is 0. The second kappa shape index (κ2) is 11.9. The molecule has 0 bridgehead atoms. The second-order valence-electron chi connectivity index (χ2n) is 8.19. The summed E-state index contributed by atoms with van der Waals surface area (Å²) < 4.78 is 0. The Morgan fingerprint density at radius 1 is 0.792 bits per heavy atom. The van der Waals surface area contributed by atoms with E-state index in [2.05, 4.69) is 38.1 Å². The van der Waals surface area contributed by atoms with Gasteiger partial charge in [0.15, 0.2) is 0 Å². The minimum absolute atomic E-state index is 0.297. The van der Waals surface area contributed by atoms with Gasteiger partial charge in [-0.3, -0.25) is 0 Å². The third-order valence-electron chi connectivity index (χ3n) is 6.07. The van der Waals surface area contributed by atoms with Gasteiger partial charge in [0, 0.05) is 8.80 Å². The van der Waals surface area contributed by atoms with Crippen molar-refractivity contribution < 1.29 is 0 Å². The van der Waals surface area contributed by atoms with Crippen molar-refractivity contribution in [2.75, 3.05) is 0 Å². The molecule has 2 rings (SSSR count). The van der Waals surface area contributed by atoms with Crippen molar-refractivity contribution in [3.63, 3.8) is 0 Å². The van der Waals surface area contributed by atoms with Crippen LogP contribution in [0.1, 0.15) is 82.8 Å². The molecule has 1 aromatic rings. The first-order valence-corrected chi connectivity index (χ1v) is 13.3. The lowest BCUT2D eigenvalue weighted by Gasteiger charge is -2.27. The maximum Gasteiger partial charge on any atom is 0.0368 e. The number of aryl methyl sites for hydroxylation is 2. The number of hydrogen-bond acceptors (Lipinski definition) is 0. The largest absolute Gasteiger partial charge is 0.0654 e. The van der Waals surface area contributed by atoms with Gasteiger partial charge in [-0.2, -0.15) is 0 Å². The van der Waals surface area contributed by atoms with Gasteiger partial charge < -0.3 is 0 Å². The van der Waals surface area contributed by atoms with Gasteiger partial charge in [0.1, 0.15) is 0 Å². The summed E-state index contributed by atoms with van der Waals surface area (Å²) in [4.78, 5) is 0. The van der Waals surface area contributed by atoms with Gasteiger partial charge in [-0.1, -0.05) is 108 Å². The van der Waals surface area contributed by atoms with Crippen LogP contribution in [0.5, 0.6) is 0 Å². The standard InChI is InChI=1S/C23H40Si/c1-3-5-8-18-24-19-16-23(17-20-24)11-7-6-10-22-14-12-21(9-4-2)13-15-22/h12-15,23-24H,3-11,16-20H2,1-2H3/t23-,24-. The number of unbranched alkanes of at least 4 members (excludes halogenated alkanes) is 3. The molecule has 136 valence electrons. The summed E-state index contributed by atoms with van der Waals surface area (Å²) in [7, 11) is -0.297. The van der Waals surface area contributed by atoms with Crippen LogP contribution in [0.3, 0.4) is 0 Å². The van der Waals surface area contributed by atoms with Gasteiger partial charge >= 0.3 is 0 Å². The summed E-state index contributed by atoms with van der Waals surface area (Å²) in [5.41, 5.74) is 3.04. The van der Waals surface area contributed by atoms with E-state index < -0.39 is 0 Å². The Morgan fingerprint density at radius 3 is 2.08 bits per heavy atom. The molecule has 0 N–H and O–H groups in total. The zero-order valence-electron chi connectivity index (χ0n) is 16.4. The second-order valence-corrected chi connectivity index (χ2v) is 11.7. The monoisotopic (exact) mass is 344 g/mol. The Hall–Kier alpha value is -0.563. The lowest BCUT2D eigenvalue weighted by Crippen LogP contribution is -2.21. The molecule has 0 nitrogen and oxygen atoms in total. The molecule has 1 aromatic carbocycles. The molecule has 1 fully saturated rings. The zero-order chi connectivity index (χ0) is 17.0. The molecular formula is C23H40Si. The van der Waals surface area contributed by atoms with Crippen molar-refractivity contribution in [1.29, 1.82) is 0 Å². The molecule has 1 heteroatoms. The van der Waals surface area contributed by atoms with Crippen LogP contribution < -0.4 is 0 Å². The number of benzene rings is 1. The third-order valence-corrected chi connectivity index (χ3v) is 9.60. The molecule has 24 heavy (non-hydrogen) atoms. The van der Waals surface area contributed by atoms with E-state index in [1.807, 2.05) is 0 Å². The van der Waals surface area contributed by atoms with Crippen LogP contribution in [-0.4, -0.2) is 8.80 Å². The van der Waals surface area contributed by atoms with Crippen LogP contribution in [0.2, 0.25) is 18.1 Å². The molecule has 0 radical (unpaired) electrons. The minimum Gasteiger partial charge on any atom is -0.0654 e. The molecule has 0 aliphatic carbocycles. The van der Waals surface area contributed by atoms with E-state index in [4.69, 9.17) is 0 Å². The van der Waals surface area contributed by atoms with Gasteiger partial charge in [-0.05, 0) is 36.3 Å². The van der Waals surface area contributed by atoms with Gasteiger partial charge in [0.05, 0.1) is 0 Å². The summed E-state index contributed by atoms with van der Waals surface area (Å²) in [5.74, 6) is 1.08. The molecule has 0 atom stereocenters. The summed E-state index contributed by atoms with van der Waals surface area (Å²) in [6.45, 7) is 4.59. The average Bonchev–Trinajstić information content (AvgIpc) is 2.62. The topological polar surface area (TPSA) is 0 Å². The van der Waals surface area contributed by atoms with Crippen LogP contribution in [0.25, 0.3) is 0 Å². The molecular weight excluding hydrogens is 304 g/mol. The predicted molar refractivity (Wildman–Crippen MR) is 112 cm³/mol. The molecule has 0 spiro atoms. The lowest BCUT2D eigenvalue weighted by molar-refractivity contribution is 0.417. The first-order valence-electron chi connectivity index (χ1n) is 10.9. The van der Waals surface area contributed by atoms with Gasteiger partial charge in [-0.25, -0.2) is 0 Å². The normalized spacial score (nSPS) is 21.1. The maximum absolute atomic E-state index is 2.36. The molecule has 1 aliphatic heterocycles. The molecule has 1 saturated heterocycles. The smallest absolute Gasteiger partial charge is 0.0368 e. The summed E-state index contributed by atoms with van der Waals surface area (Å²) >= 11 is 0. The molecule has 0 amide bonds. The van der Waals surface area contributed by atoms with Crippen molar-refractivity contribution in [3.8, 4) is 0 Å². The average molecular weight is 345 g/mol. The lowest BCUT2D eigenvalue weighted by atomic mass is 9.94. The fraction of sp³-hybridized carbons (Fsp3) is 0.739. The summed E-state index contributed by atoms with van der Waals surface area (Å²) in [6.07, 6.45) is 15.7. The van der Waals surface area contributed by atoms with Gasteiger partial charge in [0.2, 0.25) is 0 Å². The predicted octanol–water partition coefficient (Wildman–Crippen LogP) is 7.18. The minimum atomic E-state index is -0.297. The van der Waals surface area contributed by atoms with Crippen molar-refractivity contribution in [3.05, 3.63) is 35.4 Å². The Morgan fingerprint density at radius 2 is 1.46 bits per heavy atom. The highest BCUT2D eigenvalue weighted by molar-refractivity contribution is 6.58. The fourth-order valence-electron chi connectivity index (χ4n) is 4.42. The van der Waals surface area contributed by atoms with E-state index in [1.165, 1.54) is 63.4 Å². The molecule has 0 unspecified atom stereocenters. The third kappa shape index (κ3) is 7.55. The maximum atomic E-state index is 2.36. The first kappa shape index (κ1) is 19.8. The van der Waals surface area contributed by atoms with E-state index in [0.717, 1.165) is 5.92 Å². The van der Waals surface area contributed by atoms with E-state index in [0.29, 0.717) is 0 Å². The van der Waals surface area contributed by atoms with Crippen molar-refractivity contribution >= 4 is 8.80 Å². The van der Waals surface area contributed by atoms with Crippen LogP contribution in [0.4, 0.5) is 0 Å². The van der Waals surface area contributed by atoms with E-state index in [9.17, 15) is 0 Å². The summed E-state index contributed by atoms with van der Waals surface area (Å²) in [6, 6.07) is 14.4. The highest BCUT2D eigenvalue weighted by Gasteiger charge is 2.21. The van der Waals surface area contributed by atoms with Crippen molar-refractivity contribution in [2.24, 2.45) is 5.92 Å². The Labute approximate surface area is 153 Å². The fourth-order valence-corrected chi connectivity index (χ4v) is 8.03. The van der Waals surface area contributed by atoms with E-state index in [-0.39, 0.29) is 8.80 Å². The van der Waals surface area contributed by atoms with Crippen LogP contribution in [0, 0.1) is 5.92 Å². The molecule has 0 saturated carbocycles. The van der Waals surface area contributed by atoms with Crippen molar-refractivity contribution in [2.45, 2.75) is 103 Å². The van der Waals surface area contributed by atoms with E-state index in [1.54, 1.807) is 36.5 Å². The van der Waals surface area contributed by atoms with Crippen LogP contribution >= 0.6 is 0 Å². The Bertz CT molecular complexity index is 414. The SMILES string of the molecule is CCCCC[Si@H]1CC[C@H](CCCCc2ccc(CCC)cc2)CC1. The van der Waals surface area contributed by atoms with E-state index >= 15 is 0 Å². The quantitative estimate of drug-likeness (QED) is 0.294. The highest BCUT2D eigenvalue weighted by atomic mass is 28.3. The van der Waals surface area contributed by atoms with Gasteiger partial charge in [0.25, 0.3) is 0 Å². The van der Waals surface area contributed by atoms with Crippen LogP contribution in [-0.2, 0) is 12.8 Å². The molecule has 0 aromatic heterocycles. The van der Waals surface area contributed by atoms with Crippen molar-refractivity contribution in [1.82, 2.24) is 0 Å². The van der Waals surface area contributed by atoms with Gasteiger partial charge in [-0.15, -0.1) is 0 Å². The first-order chi connectivity index (χ1) is 11.8. The molecule has 1 heterocycles. The number of rotatable bonds is 11. The zero-order valence-corrected chi connectivity index (χ0v) is 17.5. The Kier molecular flexibility index (Phi) is 9.80. The Balaban J connectivity index is 1.53. The highest BCUT2D eigenvalue weighted by Crippen LogP contribution is 2.31. The molecule has 1 aliphatic rings.